The van der Waals surface area contributed by atoms with E-state index in [4.69, 9.17) is 5.11 Å². The van der Waals surface area contributed by atoms with Gasteiger partial charge in [0.05, 0.1) is 12.5 Å². The van der Waals surface area contributed by atoms with Crippen LogP contribution in [0.5, 0.6) is 0 Å². The number of carboxylic acids is 1. The summed E-state index contributed by atoms with van der Waals surface area (Å²) in [4.78, 5) is 21.6. The lowest BCUT2D eigenvalue weighted by atomic mass is 9.91. The Labute approximate surface area is 119 Å². The van der Waals surface area contributed by atoms with E-state index in [1.807, 2.05) is 13.0 Å². The molecule has 0 spiro atoms. The minimum absolute atomic E-state index is 0.0493. The molecule has 0 heterocycles. The number of ketones is 1. The number of rotatable bonds is 6. The van der Waals surface area contributed by atoms with Crippen LogP contribution in [0.15, 0.2) is 12.2 Å². The topological polar surface area (TPSA) is 74.6 Å². The van der Waals surface area contributed by atoms with Gasteiger partial charge in [0.2, 0.25) is 0 Å². The zero-order valence-corrected chi connectivity index (χ0v) is 11.8. The van der Waals surface area contributed by atoms with Gasteiger partial charge < -0.3 is 10.2 Å². The van der Waals surface area contributed by atoms with E-state index in [0.717, 1.165) is 12.8 Å². The first-order valence-electron chi connectivity index (χ1n) is 7.11. The molecule has 0 radical (unpaired) electrons. The van der Waals surface area contributed by atoms with Crippen LogP contribution >= 0.6 is 0 Å². The van der Waals surface area contributed by atoms with Crippen LogP contribution in [0.1, 0.15) is 45.4 Å². The van der Waals surface area contributed by atoms with Gasteiger partial charge in [-0.05, 0) is 24.8 Å². The number of aliphatic hydroxyl groups is 1. The molecule has 1 saturated carbocycles. The van der Waals surface area contributed by atoms with Gasteiger partial charge in [-0.3, -0.25) is 9.59 Å². The third-order valence-electron chi connectivity index (χ3n) is 3.64. The lowest BCUT2D eigenvalue weighted by Gasteiger charge is -2.16. The van der Waals surface area contributed by atoms with Crippen molar-refractivity contribution in [3.63, 3.8) is 0 Å². The minimum Gasteiger partial charge on any atom is -0.481 e. The van der Waals surface area contributed by atoms with E-state index < -0.39 is 5.97 Å². The van der Waals surface area contributed by atoms with Crippen molar-refractivity contribution in [1.82, 2.24) is 0 Å². The second-order valence-corrected chi connectivity index (χ2v) is 5.10. The number of aliphatic hydroxyl groups excluding tert-OH is 1. The monoisotopic (exact) mass is 278 g/mol. The van der Waals surface area contributed by atoms with Crippen molar-refractivity contribution >= 4 is 11.8 Å². The molecule has 1 fully saturated rings. The third-order valence-corrected chi connectivity index (χ3v) is 3.64. The summed E-state index contributed by atoms with van der Waals surface area (Å²) in [5.41, 5.74) is 0. The predicted octanol–water partition coefficient (Wildman–Crippen LogP) is 2.17. The molecule has 4 heteroatoms. The fourth-order valence-electron chi connectivity index (χ4n) is 2.40. The quantitative estimate of drug-likeness (QED) is 0.577. The Balaban J connectivity index is 2.49. The van der Waals surface area contributed by atoms with Crippen LogP contribution in [-0.4, -0.2) is 28.1 Å². The Morgan fingerprint density at radius 2 is 2.05 bits per heavy atom. The van der Waals surface area contributed by atoms with E-state index >= 15 is 0 Å². The van der Waals surface area contributed by atoms with Gasteiger partial charge in [0, 0.05) is 25.2 Å². The highest BCUT2D eigenvalue weighted by Gasteiger charge is 2.32. The van der Waals surface area contributed by atoms with E-state index in [1.54, 1.807) is 6.08 Å². The summed E-state index contributed by atoms with van der Waals surface area (Å²) in [7, 11) is 0. The summed E-state index contributed by atoms with van der Waals surface area (Å²) in [6.45, 7) is 1.82. The van der Waals surface area contributed by atoms with Gasteiger partial charge in [0.1, 0.15) is 0 Å². The van der Waals surface area contributed by atoms with Crippen molar-refractivity contribution in [2.45, 2.75) is 51.6 Å². The van der Waals surface area contributed by atoms with Crippen LogP contribution < -0.4 is 0 Å². The van der Waals surface area contributed by atoms with Gasteiger partial charge in [-0.1, -0.05) is 13.0 Å². The van der Waals surface area contributed by atoms with E-state index in [2.05, 4.69) is 11.8 Å². The van der Waals surface area contributed by atoms with Crippen LogP contribution in [0.2, 0.25) is 0 Å². The molecule has 4 nitrogen and oxygen atoms in total. The van der Waals surface area contributed by atoms with Crippen molar-refractivity contribution in [3.8, 4) is 11.8 Å². The summed E-state index contributed by atoms with van der Waals surface area (Å²) >= 11 is 0. The van der Waals surface area contributed by atoms with Crippen LogP contribution in [0, 0.1) is 23.7 Å². The zero-order chi connectivity index (χ0) is 15.0. The molecule has 0 aromatic heterocycles. The van der Waals surface area contributed by atoms with Crippen molar-refractivity contribution in [3.05, 3.63) is 12.2 Å². The minimum atomic E-state index is -0.848. The molecule has 3 unspecified atom stereocenters. The largest absolute Gasteiger partial charge is 0.481 e. The first kappa shape index (κ1) is 16.5. The molecule has 20 heavy (non-hydrogen) atoms. The molecule has 1 rings (SSSR count). The Kier molecular flexibility index (Phi) is 7.03. The molecule has 0 saturated heterocycles. The van der Waals surface area contributed by atoms with Crippen LogP contribution in [0.25, 0.3) is 0 Å². The number of carbonyl (C=O) groups is 2. The average molecular weight is 278 g/mol. The zero-order valence-electron chi connectivity index (χ0n) is 11.8. The predicted molar refractivity (Wildman–Crippen MR) is 75.9 cm³/mol. The first-order valence-corrected chi connectivity index (χ1v) is 7.11. The normalized spacial score (nSPS) is 25.4. The third kappa shape index (κ3) is 5.58. The maximum Gasteiger partial charge on any atom is 0.304 e. The van der Waals surface area contributed by atoms with Gasteiger partial charge >= 0.3 is 5.97 Å². The smallest absolute Gasteiger partial charge is 0.304 e. The Morgan fingerprint density at radius 3 is 2.70 bits per heavy atom. The Morgan fingerprint density at radius 1 is 1.30 bits per heavy atom. The summed E-state index contributed by atoms with van der Waals surface area (Å²) in [5, 5.41) is 18.5. The maximum absolute atomic E-state index is 11.3. The van der Waals surface area contributed by atoms with E-state index in [-0.39, 0.29) is 30.1 Å². The highest BCUT2D eigenvalue weighted by Crippen LogP contribution is 2.35. The highest BCUT2D eigenvalue weighted by molar-refractivity contribution is 5.89. The second kappa shape index (κ2) is 8.55. The lowest BCUT2D eigenvalue weighted by Crippen LogP contribution is -2.17. The molecule has 0 amide bonds. The van der Waals surface area contributed by atoms with Crippen molar-refractivity contribution in [2.75, 3.05) is 0 Å². The average Bonchev–Trinajstić information content (AvgIpc) is 2.76. The SMILES string of the molecule is CCC(=O)/C=C/C1CCC(O)C1CC#CCCC(=O)O. The summed E-state index contributed by atoms with van der Waals surface area (Å²) in [6.07, 6.45) is 6.16. The van der Waals surface area contributed by atoms with Crippen molar-refractivity contribution in [2.24, 2.45) is 11.8 Å². The molecule has 0 bridgehead atoms. The standard InChI is InChI=1S/C16H22O4/c1-2-13(17)10-8-12-9-11-15(18)14(12)6-4-3-5-7-16(19)20/h8,10,12,14-15,18H,2,5-7,9,11H2,1H3,(H,19,20)/b10-8+. The Bertz CT molecular complexity index is 427. The van der Waals surface area contributed by atoms with E-state index in [1.165, 1.54) is 0 Å². The molecular weight excluding hydrogens is 256 g/mol. The fourth-order valence-corrected chi connectivity index (χ4v) is 2.40. The molecule has 0 aromatic rings. The second-order valence-electron chi connectivity index (χ2n) is 5.10. The van der Waals surface area contributed by atoms with E-state index in [0.29, 0.717) is 19.3 Å². The molecule has 0 aliphatic heterocycles. The number of allylic oxidation sites excluding steroid dienone is 2. The van der Waals surface area contributed by atoms with Gasteiger partial charge in [0.15, 0.2) is 5.78 Å². The molecule has 2 N–H and O–H groups in total. The van der Waals surface area contributed by atoms with Crippen molar-refractivity contribution < 1.29 is 19.8 Å². The fraction of sp³-hybridized carbons (Fsp3) is 0.625. The molecule has 1 aliphatic carbocycles. The van der Waals surface area contributed by atoms with Crippen LogP contribution in [0.4, 0.5) is 0 Å². The number of hydrogen-bond donors (Lipinski definition) is 2. The number of carbonyl (C=O) groups excluding carboxylic acids is 1. The number of aliphatic carboxylic acids is 1. The summed E-state index contributed by atoms with van der Waals surface area (Å²) in [5.74, 6) is 5.27. The lowest BCUT2D eigenvalue weighted by molar-refractivity contribution is -0.136. The van der Waals surface area contributed by atoms with Crippen LogP contribution in [-0.2, 0) is 9.59 Å². The Hall–Kier alpha value is -1.60. The van der Waals surface area contributed by atoms with E-state index in [9.17, 15) is 14.7 Å². The van der Waals surface area contributed by atoms with Crippen LogP contribution in [0.3, 0.4) is 0 Å². The van der Waals surface area contributed by atoms with Gasteiger partial charge in [-0.25, -0.2) is 0 Å². The number of carboxylic acid groups (broad SMARTS) is 1. The van der Waals surface area contributed by atoms with Gasteiger partial charge in [0.25, 0.3) is 0 Å². The van der Waals surface area contributed by atoms with Crippen molar-refractivity contribution in [1.29, 1.82) is 0 Å². The maximum atomic E-state index is 11.3. The molecule has 110 valence electrons. The first-order chi connectivity index (χ1) is 9.54. The van der Waals surface area contributed by atoms with Gasteiger partial charge in [-0.2, -0.15) is 0 Å². The molecule has 0 aromatic carbocycles. The molecule has 1 aliphatic rings. The van der Waals surface area contributed by atoms with Gasteiger partial charge in [-0.15, -0.1) is 11.8 Å². The number of hydrogen-bond acceptors (Lipinski definition) is 3. The summed E-state index contributed by atoms with van der Waals surface area (Å²) < 4.78 is 0. The highest BCUT2D eigenvalue weighted by atomic mass is 16.4. The molecule has 3 atom stereocenters. The molecular formula is C16H22O4. The summed E-state index contributed by atoms with van der Waals surface area (Å²) in [6, 6.07) is 0.